The number of hydrogen-bond acceptors (Lipinski definition) is 4. The molecule has 0 aliphatic carbocycles. The van der Waals surface area contributed by atoms with Crippen molar-refractivity contribution in [3.8, 4) is 0 Å². The molecule has 172 valence electrons. The second-order valence-electron chi connectivity index (χ2n) is 8.77. The molecule has 32 heavy (non-hydrogen) atoms. The first-order valence-electron chi connectivity index (χ1n) is 11.3. The van der Waals surface area contributed by atoms with Gasteiger partial charge in [-0.15, -0.1) is 0 Å². The molecule has 2 saturated heterocycles. The van der Waals surface area contributed by atoms with Crippen LogP contribution in [0.3, 0.4) is 0 Å². The summed E-state index contributed by atoms with van der Waals surface area (Å²) in [5, 5.41) is 3.10. The van der Waals surface area contributed by atoms with E-state index in [1.165, 1.54) is 41.0 Å². The van der Waals surface area contributed by atoms with Gasteiger partial charge >= 0.3 is 0 Å². The minimum atomic E-state index is -3.65. The van der Waals surface area contributed by atoms with Crippen molar-refractivity contribution in [2.24, 2.45) is 5.92 Å². The highest BCUT2D eigenvalue weighted by Gasteiger charge is 2.29. The third-order valence-corrected chi connectivity index (χ3v) is 8.65. The van der Waals surface area contributed by atoms with E-state index >= 15 is 0 Å². The molecule has 0 radical (unpaired) electrons. The highest BCUT2D eigenvalue weighted by molar-refractivity contribution is 7.89. The number of piperidine rings is 1. The van der Waals surface area contributed by atoms with Gasteiger partial charge < -0.3 is 10.2 Å². The molecule has 2 fully saturated rings. The lowest BCUT2D eigenvalue weighted by Crippen LogP contribution is -2.38. The maximum atomic E-state index is 13.0. The van der Waals surface area contributed by atoms with E-state index in [0.29, 0.717) is 25.6 Å². The lowest BCUT2D eigenvalue weighted by atomic mass is 10.0. The van der Waals surface area contributed by atoms with Crippen LogP contribution >= 0.6 is 11.6 Å². The molecule has 0 bridgehead atoms. The zero-order valence-electron chi connectivity index (χ0n) is 18.4. The van der Waals surface area contributed by atoms with Gasteiger partial charge in [0.2, 0.25) is 10.0 Å². The number of halogens is 1. The molecule has 0 saturated carbocycles. The normalized spacial score (nSPS) is 18.1. The van der Waals surface area contributed by atoms with Gasteiger partial charge in [0.05, 0.1) is 15.5 Å². The van der Waals surface area contributed by atoms with Crippen LogP contribution in [0, 0.1) is 5.92 Å². The molecule has 2 aliphatic rings. The Morgan fingerprint density at radius 2 is 1.69 bits per heavy atom. The van der Waals surface area contributed by atoms with E-state index < -0.39 is 10.0 Å². The number of hydrogen-bond donors (Lipinski definition) is 1. The summed E-state index contributed by atoms with van der Waals surface area (Å²) in [4.78, 5) is 15.3. The van der Waals surface area contributed by atoms with Gasteiger partial charge in [0.1, 0.15) is 0 Å². The second-order valence-corrected chi connectivity index (χ2v) is 11.1. The Morgan fingerprint density at radius 3 is 2.34 bits per heavy atom. The summed E-state index contributed by atoms with van der Waals surface area (Å²) in [6.45, 7) is 5.65. The topological polar surface area (TPSA) is 69.7 Å². The average molecular weight is 476 g/mol. The van der Waals surface area contributed by atoms with Gasteiger partial charge in [0, 0.05) is 38.4 Å². The predicted molar refractivity (Wildman–Crippen MR) is 128 cm³/mol. The quantitative estimate of drug-likeness (QED) is 0.676. The number of rotatable bonds is 6. The summed E-state index contributed by atoms with van der Waals surface area (Å²) < 4.78 is 27.6. The van der Waals surface area contributed by atoms with Gasteiger partial charge in [-0.3, -0.25) is 4.79 Å². The van der Waals surface area contributed by atoms with Crippen molar-refractivity contribution < 1.29 is 13.2 Å². The van der Waals surface area contributed by atoms with Crippen molar-refractivity contribution in [3.63, 3.8) is 0 Å². The molecule has 0 atom stereocenters. The lowest BCUT2D eigenvalue weighted by molar-refractivity contribution is 0.0951. The van der Waals surface area contributed by atoms with Gasteiger partial charge in [-0.1, -0.05) is 30.7 Å². The van der Waals surface area contributed by atoms with Gasteiger partial charge in [0.25, 0.3) is 5.91 Å². The summed E-state index contributed by atoms with van der Waals surface area (Å²) in [5.74, 6) is 0.139. The monoisotopic (exact) mass is 475 g/mol. The van der Waals surface area contributed by atoms with Crippen LogP contribution in [0.2, 0.25) is 5.02 Å². The van der Waals surface area contributed by atoms with Crippen molar-refractivity contribution in [2.75, 3.05) is 31.1 Å². The second kappa shape index (κ2) is 9.81. The number of benzene rings is 2. The molecule has 1 N–H and O–H groups in total. The molecule has 0 spiro atoms. The maximum absolute atomic E-state index is 13.0. The molecule has 1 amide bonds. The van der Waals surface area contributed by atoms with Crippen LogP contribution in [0.1, 0.15) is 48.5 Å². The van der Waals surface area contributed by atoms with E-state index in [2.05, 4.69) is 29.3 Å². The smallest absolute Gasteiger partial charge is 0.253 e. The highest BCUT2D eigenvalue weighted by Crippen LogP contribution is 2.27. The molecule has 0 unspecified atom stereocenters. The van der Waals surface area contributed by atoms with Crippen molar-refractivity contribution in [1.82, 2.24) is 9.62 Å². The minimum absolute atomic E-state index is 0.108. The predicted octanol–water partition coefficient (Wildman–Crippen LogP) is 4.29. The third kappa shape index (κ3) is 5.11. The maximum Gasteiger partial charge on any atom is 0.253 e. The summed E-state index contributed by atoms with van der Waals surface area (Å²) in [5.41, 5.74) is 2.35. The molecule has 0 aromatic heterocycles. The first-order valence-corrected chi connectivity index (χ1v) is 13.1. The van der Waals surface area contributed by atoms with Crippen LogP contribution < -0.4 is 10.2 Å². The van der Waals surface area contributed by atoms with E-state index in [0.717, 1.165) is 31.5 Å². The molecule has 2 aliphatic heterocycles. The molecular weight excluding hydrogens is 446 g/mol. The lowest BCUT2D eigenvalue weighted by Gasteiger charge is -2.29. The standard InChI is InChI=1S/C24H30ClN3O3S/c1-18-10-14-28(15-11-18)32(30,31)21-8-9-23(25)22(16-21)24(29)26-17-19-4-6-20(7-5-19)27-12-2-3-13-27/h4-9,16,18H,2-3,10-15,17H2,1H3,(H,26,29). The van der Waals surface area contributed by atoms with Gasteiger partial charge in [-0.25, -0.2) is 8.42 Å². The van der Waals surface area contributed by atoms with Crippen molar-refractivity contribution >= 4 is 33.2 Å². The zero-order chi connectivity index (χ0) is 22.7. The van der Waals surface area contributed by atoms with Crippen LogP contribution in [0.25, 0.3) is 0 Å². The van der Waals surface area contributed by atoms with Crippen molar-refractivity contribution in [2.45, 2.75) is 44.0 Å². The van der Waals surface area contributed by atoms with E-state index in [1.54, 1.807) is 0 Å². The van der Waals surface area contributed by atoms with Crippen LogP contribution in [0.15, 0.2) is 47.4 Å². The van der Waals surface area contributed by atoms with Crippen molar-refractivity contribution in [1.29, 1.82) is 0 Å². The fourth-order valence-electron chi connectivity index (χ4n) is 4.29. The Labute approximate surface area is 195 Å². The Morgan fingerprint density at radius 1 is 1.03 bits per heavy atom. The summed E-state index contributed by atoms with van der Waals surface area (Å²) >= 11 is 6.25. The fraction of sp³-hybridized carbons (Fsp3) is 0.458. The Kier molecular flexibility index (Phi) is 7.08. The summed E-state index contributed by atoms with van der Waals surface area (Å²) in [6.07, 6.45) is 4.14. The number of carbonyl (C=O) groups excluding carboxylic acids is 1. The molecule has 2 aromatic carbocycles. The SMILES string of the molecule is CC1CCN(S(=O)(=O)c2ccc(Cl)c(C(=O)NCc3ccc(N4CCCC4)cc3)c2)CC1. The third-order valence-electron chi connectivity index (χ3n) is 6.42. The Bertz CT molecular complexity index is 1060. The van der Waals surface area contributed by atoms with Gasteiger partial charge in [0.15, 0.2) is 0 Å². The van der Waals surface area contributed by atoms with Gasteiger partial charge in [-0.05, 0) is 67.5 Å². The first kappa shape index (κ1) is 23.1. The highest BCUT2D eigenvalue weighted by atomic mass is 35.5. The van der Waals surface area contributed by atoms with Crippen molar-refractivity contribution in [3.05, 3.63) is 58.6 Å². The van der Waals surface area contributed by atoms with E-state index in [-0.39, 0.29) is 21.4 Å². The number of sulfonamides is 1. The summed E-state index contributed by atoms with van der Waals surface area (Å²) in [7, 11) is -3.65. The van der Waals surface area contributed by atoms with Crippen LogP contribution in [-0.4, -0.2) is 44.8 Å². The van der Waals surface area contributed by atoms with E-state index in [4.69, 9.17) is 11.6 Å². The molecule has 4 rings (SSSR count). The minimum Gasteiger partial charge on any atom is -0.372 e. The summed E-state index contributed by atoms with van der Waals surface area (Å²) in [6, 6.07) is 12.5. The van der Waals surface area contributed by atoms with E-state index in [9.17, 15) is 13.2 Å². The first-order chi connectivity index (χ1) is 15.3. The largest absolute Gasteiger partial charge is 0.372 e. The van der Waals surface area contributed by atoms with Gasteiger partial charge in [-0.2, -0.15) is 4.31 Å². The van der Waals surface area contributed by atoms with Crippen LogP contribution in [-0.2, 0) is 16.6 Å². The molecule has 8 heteroatoms. The number of nitrogens with zero attached hydrogens (tertiary/aromatic N) is 2. The molecule has 2 aromatic rings. The van der Waals surface area contributed by atoms with Crippen LogP contribution in [0.4, 0.5) is 5.69 Å². The molecule has 2 heterocycles. The molecular formula is C24H30ClN3O3S. The number of carbonyl (C=O) groups is 1. The van der Waals surface area contributed by atoms with Crippen LogP contribution in [0.5, 0.6) is 0 Å². The fourth-order valence-corrected chi connectivity index (χ4v) is 5.99. The Balaban J connectivity index is 1.43. The number of anilines is 1. The Hall–Kier alpha value is -2.09. The average Bonchev–Trinajstić information content (AvgIpc) is 3.33. The van der Waals surface area contributed by atoms with E-state index in [1.807, 2.05) is 12.1 Å². The number of nitrogens with one attached hydrogen (secondary N) is 1. The number of amides is 1. The zero-order valence-corrected chi connectivity index (χ0v) is 20.0. The molecule has 6 nitrogen and oxygen atoms in total.